The maximum atomic E-state index is 11.8. The third kappa shape index (κ3) is 7.85. The average molecular weight is 334 g/mol. The van der Waals surface area contributed by atoms with E-state index < -0.39 is 0 Å². The van der Waals surface area contributed by atoms with Gasteiger partial charge in [0.25, 0.3) is 0 Å². The minimum Gasteiger partial charge on any atom is -0.335 e. The highest BCUT2D eigenvalue weighted by atomic mass is 16.2. The molecule has 0 aliphatic heterocycles. The summed E-state index contributed by atoms with van der Waals surface area (Å²) in [6.07, 6.45) is 3.95. The van der Waals surface area contributed by atoms with Crippen molar-refractivity contribution < 1.29 is 9.59 Å². The molecule has 2 unspecified atom stereocenters. The van der Waals surface area contributed by atoms with Gasteiger partial charge in [-0.2, -0.15) is 0 Å². The summed E-state index contributed by atoms with van der Waals surface area (Å²) in [6, 6.07) is 6.88. The number of urea groups is 2. The number of rotatable bonds is 8. The van der Waals surface area contributed by atoms with E-state index in [9.17, 15) is 9.59 Å². The largest absolute Gasteiger partial charge is 0.335 e. The van der Waals surface area contributed by atoms with Gasteiger partial charge in [-0.3, -0.25) is 0 Å². The summed E-state index contributed by atoms with van der Waals surface area (Å²) in [7, 11) is 0. The molecule has 0 spiro atoms. The zero-order valence-electron chi connectivity index (χ0n) is 15.1. The van der Waals surface area contributed by atoms with Crippen LogP contribution in [0.1, 0.15) is 53.4 Å². The molecule has 134 valence electrons. The number of anilines is 2. The van der Waals surface area contributed by atoms with Gasteiger partial charge >= 0.3 is 12.1 Å². The number of amides is 4. The Hall–Kier alpha value is -2.24. The van der Waals surface area contributed by atoms with Crippen LogP contribution in [0.15, 0.2) is 24.3 Å². The summed E-state index contributed by atoms with van der Waals surface area (Å²) in [4.78, 5) is 23.7. The van der Waals surface area contributed by atoms with Crippen LogP contribution >= 0.6 is 0 Å². The molecule has 4 N–H and O–H groups in total. The normalized spacial score (nSPS) is 12.8. The van der Waals surface area contributed by atoms with E-state index in [0.717, 1.165) is 25.7 Å². The molecule has 6 heteroatoms. The fourth-order valence-corrected chi connectivity index (χ4v) is 2.43. The molecule has 2 atom stereocenters. The number of hydrogen-bond acceptors (Lipinski definition) is 2. The van der Waals surface area contributed by atoms with Gasteiger partial charge in [-0.15, -0.1) is 0 Å². The zero-order valence-corrected chi connectivity index (χ0v) is 15.1. The molecular formula is C18H30N4O2. The van der Waals surface area contributed by atoms with E-state index >= 15 is 0 Å². The molecule has 24 heavy (non-hydrogen) atoms. The minimum absolute atomic E-state index is 0.143. The zero-order chi connectivity index (χ0) is 17.9. The second-order valence-corrected chi connectivity index (χ2v) is 6.15. The molecule has 0 aliphatic carbocycles. The second kappa shape index (κ2) is 10.5. The van der Waals surface area contributed by atoms with Gasteiger partial charge in [0.05, 0.1) is 0 Å². The van der Waals surface area contributed by atoms with E-state index in [0.29, 0.717) is 11.4 Å². The van der Waals surface area contributed by atoms with Crippen molar-refractivity contribution in [2.45, 2.75) is 65.5 Å². The molecule has 0 fully saturated rings. The Morgan fingerprint density at radius 2 is 1.12 bits per heavy atom. The van der Waals surface area contributed by atoms with Crippen molar-refractivity contribution in [3.05, 3.63) is 24.3 Å². The molecule has 0 bridgehead atoms. The lowest BCUT2D eigenvalue weighted by molar-refractivity contribution is 0.247. The van der Waals surface area contributed by atoms with Crippen LogP contribution in [0.2, 0.25) is 0 Å². The van der Waals surface area contributed by atoms with Crippen molar-refractivity contribution >= 4 is 23.4 Å². The molecule has 6 nitrogen and oxygen atoms in total. The van der Waals surface area contributed by atoms with Crippen molar-refractivity contribution in [3.63, 3.8) is 0 Å². The average Bonchev–Trinajstić information content (AvgIpc) is 2.49. The Kier molecular flexibility index (Phi) is 8.68. The highest BCUT2D eigenvalue weighted by Crippen LogP contribution is 2.13. The fraction of sp³-hybridized carbons (Fsp3) is 0.556. The standard InChI is InChI=1S/C18H30N4O2/c1-5-7-13(3)19-17(23)21-15-9-11-16(12-10-15)22-18(24)20-14(4)8-6-2/h9-14H,5-8H2,1-4H3,(H2,19,21,23)(H2,20,22,24). The van der Waals surface area contributed by atoms with Crippen molar-refractivity contribution in [1.82, 2.24) is 10.6 Å². The fourth-order valence-electron chi connectivity index (χ4n) is 2.43. The molecule has 0 radical (unpaired) electrons. The molecule has 1 rings (SSSR count). The summed E-state index contributed by atoms with van der Waals surface area (Å²) in [5.74, 6) is 0. The smallest absolute Gasteiger partial charge is 0.319 e. The van der Waals surface area contributed by atoms with Crippen LogP contribution in [-0.2, 0) is 0 Å². The van der Waals surface area contributed by atoms with E-state index in [1.165, 1.54) is 0 Å². The molecule has 0 aromatic heterocycles. The third-order valence-corrected chi connectivity index (χ3v) is 3.60. The summed E-state index contributed by atoms with van der Waals surface area (Å²) in [6.45, 7) is 8.13. The summed E-state index contributed by atoms with van der Waals surface area (Å²) in [5.41, 5.74) is 1.36. The maximum absolute atomic E-state index is 11.8. The first-order valence-electron chi connectivity index (χ1n) is 8.69. The lowest BCUT2D eigenvalue weighted by atomic mass is 10.2. The predicted molar refractivity (Wildman–Crippen MR) is 99.5 cm³/mol. The highest BCUT2D eigenvalue weighted by molar-refractivity contribution is 5.91. The minimum atomic E-state index is -0.220. The molecule has 0 heterocycles. The first-order valence-corrected chi connectivity index (χ1v) is 8.69. The first-order chi connectivity index (χ1) is 11.4. The van der Waals surface area contributed by atoms with Crippen LogP contribution in [0, 0.1) is 0 Å². The van der Waals surface area contributed by atoms with Crippen molar-refractivity contribution in [3.8, 4) is 0 Å². The Morgan fingerprint density at radius 3 is 1.42 bits per heavy atom. The molecular weight excluding hydrogens is 304 g/mol. The number of benzene rings is 1. The lowest BCUT2D eigenvalue weighted by Gasteiger charge is -2.15. The van der Waals surface area contributed by atoms with Gasteiger partial charge in [-0.1, -0.05) is 26.7 Å². The van der Waals surface area contributed by atoms with Gasteiger partial charge in [-0.05, 0) is 51.0 Å². The van der Waals surface area contributed by atoms with Gasteiger partial charge in [0, 0.05) is 23.5 Å². The quantitative estimate of drug-likeness (QED) is 0.571. The Balaban J connectivity index is 2.45. The molecule has 0 saturated heterocycles. The topological polar surface area (TPSA) is 82.3 Å². The molecule has 1 aromatic carbocycles. The van der Waals surface area contributed by atoms with Crippen molar-refractivity contribution in [1.29, 1.82) is 0 Å². The molecule has 0 aliphatic rings. The van der Waals surface area contributed by atoms with Crippen LogP contribution in [0.5, 0.6) is 0 Å². The van der Waals surface area contributed by atoms with E-state index in [1.807, 2.05) is 13.8 Å². The number of nitrogens with one attached hydrogen (secondary N) is 4. The Morgan fingerprint density at radius 1 is 0.792 bits per heavy atom. The summed E-state index contributed by atoms with van der Waals surface area (Å²) >= 11 is 0. The predicted octanol–water partition coefficient (Wildman–Crippen LogP) is 4.31. The van der Waals surface area contributed by atoms with Crippen LogP contribution in [0.25, 0.3) is 0 Å². The number of hydrogen-bond donors (Lipinski definition) is 4. The van der Waals surface area contributed by atoms with Crippen molar-refractivity contribution in [2.75, 3.05) is 10.6 Å². The van der Waals surface area contributed by atoms with Gasteiger partial charge in [0.15, 0.2) is 0 Å². The van der Waals surface area contributed by atoms with Gasteiger partial charge < -0.3 is 21.3 Å². The summed E-state index contributed by atoms with van der Waals surface area (Å²) in [5, 5.41) is 11.3. The maximum Gasteiger partial charge on any atom is 0.319 e. The van der Waals surface area contributed by atoms with E-state index in [4.69, 9.17) is 0 Å². The van der Waals surface area contributed by atoms with E-state index in [-0.39, 0.29) is 24.1 Å². The van der Waals surface area contributed by atoms with Gasteiger partial charge in [-0.25, -0.2) is 9.59 Å². The SMILES string of the molecule is CCCC(C)NC(=O)Nc1ccc(NC(=O)NC(C)CCC)cc1. The molecule has 1 aromatic rings. The Bertz CT molecular complexity index is 469. The van der Waals surface area contributed by atoms with Crippen LogP contribution in [0.3, 0.4) is 0 Å². The second-order valence-electron chi connectivity index (χ2n) is 6.15. The third-order valence-electron chi connectivity index (χ3n) is 3.60. The van der Waals surface area contributed by atoms with Gasteiger partial charge in [0.2, 0.25) is 0 Å². The van der Waals surface area contributed by atoms with Crippen LogP contribution in [-0.4, -0.2) is 24.1 Å². The number of carbonyl (C=O) groups is 2. The molecule has 0 saturated carbocycles. The van der Waals surface area contributed by atoms with Crippen LogP contribution in [0.4, 0.5) is 21.0 Å². The van der Waals surface area contributed by atoms with E-state index in [2.05, 4.69) is 35.1 Å². The molecule has 4 amide bonds. The monoisotopic (exact) mass is 334 g/mol. The van der Waals surface area contributed by atoms with Crippen LogP contribution < -0.4 is 21.3 Å². The summed E-state index contributed by atoms with van der Waals surface area (Å²) < 4.78 is 0. The van der Waals surface area contributed by atoms with Gasteiger partial charge in [0.1, 0.15) is 0 Å². The van der Waals surface area contributed by atoms with E-state index in [1.54, 1.807) is 24.3 Å². The van der Waals surface area contributed by atoms with Crippen molar-refractivity contribution in [2.24, 2.45) is 0 Å². The Labute approximate surface area is 144 Å². The number of carbonyl (C=O) groups excluding carboxylic acids is 2. The lowest BCUT2D eigenvalue weighted by Crippen LogP contribution is -2.36. The first kappa shape index (κ1) is 19.8. The highest BCUT2D eigenvalue weighted by Gasteiger charge is 2.08.